The van der Waals surface area contributed by atoms with E-state index in [2.05, 4.69) is 9.88 Å². The first-order valence-corrected chi connectivity index (χ1v) is 7.11. The van der Waals surface area contributed by atoms with E-state index < -0.39 is 0 Å². The van der Waals surface area contributed by atoms with Gasteiger partial charge in [0.15, 0.2) is 0 Å². The van der Waals surface area contributed by atoms with Crippen LogP contribution in [0.5, 0.6) is 5.75 Å². The lowest BCUT2D eigenvalue weighted by Crippen LogP contribution is -2.22. The first-order chi connectivity index (χ1) is 9.24. The van der Waals surface area contributed by atoms with Crippen LogP contribution in [0.1, 0.15) is 18.5 Å². The Labute approximate surface area is 117 Å². The molecule has 100 valence electrons. The van der Waals surface area contributed by atoms with Gasteiger partial charge < -0.3 is 10.0 Å². The van der Waals surface area contributed by atoms with Crippen molar-refractivity contribution in [2.75, 3.05) is 19.6 Å². The van der Waals surface area contributed by atoms with Gasteiger partial charge in [-0.3, -0.25) is 0 Å². The van der Waals surface area contributed by atoms with Crippen LogP contribution in [0.15, 0.2) is 24.3 Å². The Balaban J connectivity index is 1.82. The zero-order chi connectivity index (χ0) is 13.2. The van der Waals surface area contributed by atoms with E-state index in [-0.39, 0.29) is 5.75 Å². The van der Waals surface area contributed by atoms with E-state index in [9.17, 15) is 5.11 Å². The van der Waals surface area contributed by atoms with Gasteiger partial charge in [-0.15, -0.1) is 0 Å². The van der Waals surface area contributed by atoms with Crippen LogP contribution in [0.2, 0.25) is 5.02 Å². The molecule has 0 aliphatic carbocycles. The summed E-state index contributed by atoms with van der Waals surface area (Å²) in [6.07, 6.45) is 3.53. The molecule has 0 atom stereocenters. The van der Waals surface area contributed by atoms with Crippen LogP contribution in [-0.2, 0) is 6.42 Å². The van der Waals surface area contributed by atoms with Crippen molar-refractivity contribution in [3.63, 3.8) is 0 Å². The fourth-order valence-electron chi connectivity index (χ4n) is 2.63. The number of pyridine rings is 1. The second kappa shape index (κ2) is 5.35. The number of rotatable bonds is 3. The third-order valence-electron chi connectivity index (χ3n) is 3.72. The standard InChI is InChI=1S/C15H17ClN2O/c16-13-5-6-14(19)15-12(13)4-3-11(17-15)7-10-18-8-1-2-9-18/h3-6,19H,1-2,7-10H2. The maximum absolute atomic E-state index is 9.87. The zero-order valence-electron chi connectivity index (χ0n) is 10.8. The van der Waals surface area contributed by atoms with Gasteiger partial charge in [-0.05, 0) is 50.2 Å². The van der Waals surface area contributed by atoms with Crippen molar-refractivity contribution in [2.45, 2.75) is 19.3 Å². The summed E-state index contributed by atoms with van der Waals surface area (Å²) in [4.78, 5) is 7.00. The number of phenolic OH excluding ortho intramolecular Hbond substituents is 1. The summed E-state index contributed by atoms with van der Waals surface area (Å²) in [5.74, 6) is 0.197. The number of nitrogens with zero attached hydrogens (tertiary/aromatic N) is 2. The zero-order valence-corrected chi connectivity index (χ0v) is 11.5. The monoisotopic (exact) mass is 276 g/mol. The van der Waals surface area contributed by atoms with Crippen molar-refractivity contribution in [1.82, 2.24) is 9.88 Å². The Morgan fingerprint density at radius 3 is 2.74 bits per heavy atom. The number of aromatic nitrogens is 1. The number of benzene rings is 1. The third kappa shape index (κ3) is 2.67. The highest BCUT2D eigenvalue weighted by molar-refractivity contribution is 6.35. The van der Waals surface area contributed by atoms with E-state index >= 15 is 0 Å². The van der Waals surface area contributed by atoms with Gasteiger partial charge in [0, 0.05) is 24.0 Å². The molecule has 1 saturated heterocycles. The van der Waals surface area contributed by atoms with E-state index in [1.807, 2.05) is 12.1 Å². The molecule has 19 heavy (non-hydrogen) atoms. The molecule has 1 aliphatic rings. The minimum Gasteiger partial charge on any atom is -0.506 e. The van der Waals surface area contributed by atoms with E-state index in [1.54, 1.807) is 12.1 Å². The van der Waals surface area contributed by atoms with E-state index in [4.69, 9.17) is 11.6 Å². The van der Waals surface area contributed by atoms with Gasteiger partial charge in [-0.2, -0.15) is 0 Å². The minimum absolute atomic E-state index is 0.197. The van der Waals surface area contributed by atoms with Gasteiger partial charge >= 0.3 is 0 Å². The molecule has 3 nitrogen and oxygen atoms in total. The molecule has 1 N–H and O–H groups in total. The number of phenols is 1. The summed E-state index contributed by atoms with van der Waals surface area (Å²) in [6, 6.07) is 7.25. The fraction of sp³-hybridized carbons (Fsp3) is 0.400. The lowest BCUT2D eigenvalue weighted by Gasteiger charge is -2.14. The van der Waals surface area contributed by atoms with Crippen LogP contribution in [0.25, 0.3) is 10.9 Å². The van der Waals surface area contributed by atoms with Crippen LogP contribution in [-0.4, -0.2) is 34.6 Å². The highest BCUT2D eigenvalue weighted by Gasteiger charge is 2.12. The van der Waals surface area contributed by atoms with Gasteiger partial charge in [0.1, 0.15) is 11.3 Å². The summed E-state index contributed by atoms with van der Waals surface area (Å²) < 4.78 is 0. The molecule has 0 bridgehead atoms. The predicted molar refractivity (Wildman–Crippen MR) is 77.8 cm³/mol. The largest absolute Gasteiger partial charge is 0.506 e. The highest BCUT2D eigenvalue weighted by atomic mass is 35.5. The minimum atomic E-state index is 0.197. The average Bonchev–Trinajstić information content (AvgIpc) is 2.94. The normalized spacial score (nSPS) is 16.3. The second-order valence-corrected chi connectivity index (χ2v) is 5.47. The Morgan fingerprint density at radius 2 is 1.95 bits per heavy atom. The van der Waals surface area contributed by atoms with Gasteiger partial charge in [0.05, 0.1) is 5.02 Å². The molecule has 2 aromatic rings. The quantitative estimate of drug-likeness (QED) is 0.935. The summed E-state index contributed by atoms with van der Waals surface area (Å²) in [5.41, 5.74) is 1.61. The maximum Gasteiger partial charge on any atom is 0.141 e. The predicted octanol–water partition coefficient (Wildman–Crippen LogP) is 3.23. The molecular weight excluding hydrogens is 260 g/mol. The molecule has 0 saturated carbocycles. The summed E-state index contributed by atoms with van der Waals surface area (Å²) >= 11 is 6.10. The topological polar surface area (TPSA) is 36.4 Å². The molecule has 1 aliphatic heterocycles. The first-order valence-electron chi connectivity index (χ1n) is 6.73. The van der Waals surface area contributed by atoms with E-state index in [0.717, 1.165) is 24.0 Å². The van der Waals surface area contributed by atoms with Crippen LogP contribution in [0.3, 0.4) is 0 Å². The lowest BCUT2D eigenvalue weighted by molar-refractivity contribution is 0.342. The van der Waals surface area contributed by atoms with Crippen LogP contribution in [0, 0.1) is 0 Å². The molecule has 3 rings (SSSR count). The molecule has 0 spiro atoms. The maximum atomic E-state index is 9.87. The molecule has 0 unspecified atom stereocenters. The third-order valence-corrected chi connectivity index (χ3v) is 4.05. The van der Waals surface area contributed by atoms with Crippen molar-refractivity contribution in [1.29, 1.82) is 0 Å². The fourth-order valence-corrected chi connectivity index (χ4v) is 2.84. The molecule has 1 fully saturated rings. The Morgan fingerprint density at radius 1 is 1.16 bits per heavy atom. The van der Waals surface area contributed by atoms with E-state index in [1.165, 1.54) is 25.9 Å². The van der Waals surface area contributed by atoms with Gasteiger partial charge in [-0.25, -0.2) is 4.98 Å². The number of hydrogen-bond acceptors (Lipinski definition) is 3. The molecule has 1 aromatic heterocycles. The van der Waals surface area contributed by atoms with Crippen molar-refractivity contribution < 1.29 is 5.11 Å². The summed E-state index contributed by atoms with van der Waals surface area (Å²) in [6.45, 7) is 3.44. The van der Waals surface area contributed by atoms with Gasteiger partial charge in [0.2, 0.25) is 0 Å². The molecule has 4 heteroatoms. The van der Waals surface area contributed by atoms with Crippen molar-refractivity contribution in [3.05, 3.63) is 35.0 Å². The van der Waals surface area contributed by atoms with Crippen molar-refractivity contribution in [2.24, 2.45) is 0 Å². The SMILES string of the molecule is Oc1ccc(Cl)c2ccc(CCN3CCCC3)nc12. The summed E-state index contributed by atoms with van der Waals surface area (Å²) in [5, 5.41) is 11.3. The number of aromatic hydroxyl groups is 1. The first kappa shape index (κ1) is 12.7. The Hall–Kier alpha value is -1.32. The highest BCUT2D eigenvalue weighted by Crippen LogP contribution is 2.29. The van der Waals surface area contributed by atoms with E-state index in [0.29, 0.717) is 10.5 Å². The number of fused-ring (bicyclic) bond motifs is 1. The molecule has 2 heterocycles. The Bertz CT molecular complexity index is 594. The van der Waals surface area contributed by atoms with Crippen molar-refractivity contribution >= 4 is 22.5 Å². The van der Waals surface area contributed by atoms with Crippen LogP contribution >= 0.6 is 11.6 Å². The second-order valence-electron chi connectivity index (χ2n) is 5.06. The number of halogens is 1. The molecule has 1 aromatic carbocycles. The molecule has 0 amide bonds. The summed E-state index contributed by atoms with van der Waals surface area (Å²) in [7, 11) is 0. The average molecular weight is 277 g/mol. The van der Waals surface area contributed by atoms with Gasteiger partial charge in [0.25, 0.3) is 0 Å². The number of likely N-dealkylation sites (tertiary alicyclic amines) is 1. The number of hydrogen-bond donors (Lipinski definition) is 1. The smallest absolute Gasteiger partial charge is 0.141 e. The van der Waals surface area contributed by atoms with Crippen LogP contribution < -0.4 is 0 Å². The van der Waals surface area contributed by atoms with Crippen LogP contribution in [0.4, 0.5) is 0 Å². The van der Waals surface area contributed by atoms with Crippen molar-refractivity contribution in [3.8, 4) is 5.75 Å². The molecule has 0 radical (unpaired) electrons. The lowest BCUT2D eigenvalue weighted by atomic mass is 10.1. The van der Waals surface area contributed by atoms with Gasteiger partial charge in [-0.1, -0.05) is 11.6 Å². The molecular formula is C15H17ClN2O. The Kier molecular flexibility index (Phi) is 3.58.